The van der Waals surface area contributed by atoms with Crippen LogP contribution >= 0.6 is 0 Å². The minimum absolute atomic E-state index is 0.0616. The van der Waals surface area contributed by atoms with Crippen LogP contribution in [0.25, 0.3) is 0 Å². The molecule has 0 radical (unpaired) electrons. The van der Waals surface area contributed by atoms with Gasteiger partial charge in [-0.25, -0.2) is 4.39 Å². The molecule has 1 aromatic carbocycles. The summed E-state index contributed by atoms with van der Waals surface area (Å²) in [6, 6.07) is 4.35. The van der Waals surface area contributed by atoms with Gasteiger partial charge in [-0.1, -0.05) is 0 Å². The van der Waals surface area contributed by atoms with E-state index >= 15 is 0 Å². The summed E-state index contributed by atoms with van der Waals surface area (Å²) in [6.07, 6.45) is 1.26. The van der Waals surface area contributed by atoms with Crippen molar-refractivity contribution in [2.24, 2.45) is 0 Å². The lowest BCUT2D eigenvalue weighted by Gasteiger charge is -2.08. The molecule has 0 bridgehead atoms. The van der Waals surface area contributed by atoms with E-state index in [-0.39, 0.29) is 22.6 Å². The van der Waals surface area contributed by atoms with Gasteiger partial charge in [-0.05, 0) is 19.1 Å². The Kier molecular flexibility index (Phi) is 3.79. The normalized spacial score (nSPS) is 10.2. The predicted octanol–water partition coefficient (Wildman–Crippen LogP) is 2.27. The number of nitro benzene ring substituents is 1. The lowest BCUT2D eigenvalue weighted by Crippen LogP contribution is -2.15. The number of pyridine rings is 1. The lowest BCUT2D eigenvalue weighted by molar-refractivity contribution is -0.384. The van der Waals surface area contributed by atoms with Gasteiger partial charge in [-0.15, -0.1) is 0 Å². The van der Waals surface area contributed by atoms with Gasteiger partial charge in [0, 0.05) is 29.7 Å². The number of nitrogens with two attached hydrogens (primary N) is 1. The van der Waals surface area contributed by atoms with Crippen LogP contribution in [0.15, 0.2) is 30.5 Å². The molecule has 1 aromatic heterocycles. The predicted molar refractivity (Wildman–Crippen MR) is 74.4 cm³/mol. The van der Waals surface area contributed by atoms with Crippen molar-refractivity contribution in [3.63, 3.8) is 0 Å². The third-order valence-corrected chi connectivity index (χ3v) is 2.73. The van der Waals surface area contributed by atoms with Crippen molar-refractivity contribution in [1.82, 2.24) is 4.98 Å². The molecular weight excluding hydrogens is 279 g/mol. The van der Waals surface area contributed by atoms with E-state index in [0.717, 1.165) is 18.2 Å². The standard InChI is InChI=1S/C13H11FN4O3/c1-7-4-11(15)9(6-16-7)13(19)17-12-5-8(18(20)21)2-3-10(12)14/h2-6H,1H3,(H2,15,16)(H,17,19). The van der Waals surface area contributed by atoms with E-state index in [9.17, 15) is 19.3 Å². The second-order valence-electron chi connectivity index (χ2n) is 4.29. The number of hydrogen-bond acceptors (Lipinski definition) is 5. The van der Waals surface area contributed by atoms with E-state index in [1.54, 1.807) is 6.92 Å². The number of nitro groups is 1. The molecule has 1 amide bonds. The number of nitrogens with one attached hydrogen (secondary N) is 1. The summed E-state index contributed by atoms with van der Waals surface area (Å²) < 4.78 is 13.6. The molecule has 0 saturated carbocycles. The number of carbonyl (C=O) groups excluding carboxylic acids is 1. The molecule has 0 aliphatic heterocycles. The summed E-state index contributed by atoms with van der Waals surface area (Å²) in [6.45, 7) is 1.71. The van der Waals surface area contributed by atoms with Crippen LogP contribution < -0.4 is 11.1 Å². The van der Waals surface area contributed by atoms with Crippen molar-refractivity contribution in [2.75, 3.05) is 11.1 Å². The fourth-order valence-corrected chi connectivity index (χ4v) is 1.68. The van der Waals surface area contributed by atoms with Gasteiger partial charge in [0.15, 0.2) is 0 Å². The fraction of sp³-hybridized carbons (Fsp3) is 0.0769. The SMILES string of the molecule is Cc1cc(N)c(C(=O)Nc2cc([N+](=O)[O-])ccc2F)cn1. The first kappa shape index (κ1) is 14.4. The highest BCUT2D eigenvalue weighted by atomic mass is 19.1. The van der Waals surface area contributed by atoms with Crippen LogP contribution in [-0.4, -0.2) is 15.8 Å². The maximum absolute atomic E-state index is 13.6. The quantitative estimate of drug-likeness (QED) is 0.665. The van der Waals surface area contributed by atoms with Gasteiger partial charge in [0.25, 0.3) is 11.6 Å². The summed E-state index contributed by atoms with van der Waals surface area (Å²) in [4.78, 5) is 25.9. The van der Waals surface area contributed by atoms with E-state index in [0.29, 0.717) is 5.69 Å². The highest BCUT2D eigenvalue weighted by molar-refractivity contribution is 6.07. The van der Waals surface area contributed by atoms with Gasteiger partial charge >= 0.3 is 0 Å². The molecule has 3 N–H and O–H groups in total. The zero-order chi connectivity index (χ0) is 15.6. The van der Waals surface area contributed by atoms with Gasteiger partial charge < -0.3 is 11.1 Å². The van der Waals surface area contributed by atoms with Gasteiger partial charge in [0.1, 0.15) is 5.82 Å². The largest absolute Gasteiger partial charge is 0.398 e. The first-order valence-electron chi connectivity index (χ1n) is 5.86. The zero-order valence-electron chi connectivity index (χ0n) is 11.0. The van der Waals surface area contributed by atoms with Crippen molar-refractivity contribution >= 4 is 23.0 Å². The molecule has 108 valence electrons. The van der Waals surface area contributed by atoms with E-state index < -0.39 is 16.6 Å². The van der Waals surface area contributed by atoms with Crippen LogP contribution in [0.3, 0.4) is 0 Å². The number of benzene rings is 1. The molecule has 2 aromatic rings. The Labute approximate surface area is 118 Å². The van der Waals surface area contributed by atoms with E-state index in [1.165, 1.54) is 12.3 Å². The molecule has 1 heterocycles. The third-order valence-electron chi connectivity index (χ3n) is 2.73. The highest BCUT2D eigenvalue weighted by Crippen LogP contribution is 2.22. The molecule has 0 aliphatic rings. The van der Waals surface area contributed by atoms with Crippen LogP contribution in [0.1, 0.15) is 16.1 Å². The van der Waals surface area contributed by atoms with Gasteiger partial charge in [0.05, 0.1) is 16.2 Å². The van der Waals surface area contributed by atoms with E-state index in [1.807, 2.05) is 0 Å². The molecule has 0 unspecified atom stereocenters. The van der Waals surface area contributed by atoms with E-state index in [4.69, 9.17) is 5.73 Å². The number of aryl methyl sites for hydroxylation is 1. The first-order chi connectivity index (χ1) is 9.88. The molecule has 2 rings (SSSR count). The summed E-state index contributed by atoms with van der Waals surface area (Å²) >= 11 is 0. The summed E-state index contributed by atoms with van der Waals surface area (Å²) in [5.74, 6) is -1.48. The number of carbonyl (C=O) groups is 1. The number of hydrogen-bond donors (Lipinski definition) is 2. The smallest absolute Gasteiger partial charge is 0.271 e. The Hall–Kier alpha value is -3.03. The summed E-state index contributed by atoms with van der Waals surface area (Å²) in [5, 5.41) is 12.9. The molecular formula is C13H11FN4O3. The van der Waals surface area contributed by atoms with Crippen molar-refractivity contribution < 1.29 is 14.1 Å². The molecule has 0 aliphatic carbocycles. The number of halogens is 1. The molecule has 0 saturated heterocycles. The number of aromatic nitrogens is 1. The molecule has 0 fully saturated rings. The minimum Gasteiger partial charge on any atom is -0.398 e. The minimum atomic E-state index is -0.785. The van der Waals surface area contributed by atoms with Crippen LogP contribution in [0, 0.1) is 22.9 Å². The summed E-state index contributed by atoms with van der Waals surface area (Å²) in [5.41, 5.74) is 5.94. The van der Waals surface area contributed by atoms with Crippen LogP contribution in [-0.2, 0) is 0 Å². The third kappa shape index (κ3) is 3.11. The first-order valence-corrected chi connectivity index (χ1v) is 5.86. The Morgan fingerprint density at radius 1 is 1.43 bits per heavy atom. The highest BCUT2D eigenvalue weighted by Gasteiger charge is 2.16. The number of rotatable bonds is 3. The van der Waals surface area contributed by atoms with Gasteiger partial charge in [-0.3, -0.25) is 19.9 Å². The molecule has 8 heteroatoms. The number of nitrogen functional groups attached to an aromatic ring is 1. The Bertz CT molecular complexity index is 733. The Balaban J connectivity index is 2.31. The number of anilines is 2. The Morgan fingerprint density at radius 2 is 2.14 bits per heavy atom. The molecule has 7 nitrogen and oxygen atoms in total. The Morgan fingerprint density at radius 3 is 2.76 bits per heavy atom. The molecule has 0 spiro atoms. The van der Waals surface area contributed by atoms with Crippen LogP contribution in [0.5, 0.6) is 0 Å². The fourth-order valence-electron chi connectivity index (χ4n) is 1.68. The van der Waals surface area contributed by atoms with Crippen LogP contribution in [0.2, 0.25) is 0 Å². The number of non-ortho nitro benzene ring substituents is 1. The van der Waals surface area contributed by atoms with Crippen molar-refractivity contribution in [1.29, 1.82) is 0 Å². The number of nitrogens with zero attached hydrogens (tertiary/aromatic N) is 2. The lowest BCUT2D eigenvalue weighted by atomic mass is 10.2. The average Bonchev–Trinajstić information content (AvgIpc) is 2.40. The van der Waals surface area contributed by atoms with Crippen molar-refractivity contribution in [2.45, 2.75) is 6.92 Å². The van der Waals surface area contributed by atoms with Crippen LogP contribution in [0.4, 0.5) is 21.5 Å². The second kappa shape index (κ2) is 5.53. The average molecular weight is 290 g/mol. The van der Waals surface area contributed by atoms with Crippen molar-refractivity contribution in [3.8, 4) is 0 Å². The maximum atomic E-state index is 13.6. The zero-order valence-corrected chi connectivity index (χ0v) is 11.0. The van der Waals surface area contributed by atoms with Gasteiger partial charge in [0.2, 0.25) is 0 Å². The topological polar surface area (TPSA) is 111 Å². The van der Waals surface area contributed by atoms with Gasteiger partial charge in [-0.2, -0.15) is 0 Å². The second-order valence-corrected chi connectivity index (χ2v) is 4.29. The molecule has 0 atom stereocenters. The number of amides is 1. The van der Waals surface area contributed by atoms with E-state index in [2.05, 4.69) is 10.3 Å². The monoisotopic (exact) mass is 290 g/mol. The maximum Gasteiger partial charge on any atom is 0.271 e. The summed E-state index contributed by atoms with van der Waals surface area (Å²) in [7, 11) is 0. The van der Waals surface area contributed by atoms with Crippen molar-refractivity contribution in [3.05, 3.63) is 57.7 Å². The molecule has 21 heavy (non-hydrogen) atoms.